The Morgan fingerprint density at radius 3 is 2.95 bits per heavy atom. The highest BCUT2D eigenvalue weighted by molar-refractivity contribution is 6.31. The summed E-state index contributed by atoms with van der Waals surface area (Å²) in [5, 5.41) is 12.7. The standard InChI is InChI=1S/C14H19ClN2O2/c1-14(13(19)16-2)6-7-17(9-14)12-5-3-4-11(15)10(12)8-18/h3-5,18H,6-9H2,1-2H3,(H,16,19). The van der Waals surface area contributed by atoms with Crippen LogP contribution in [0.25, 0.3) is 0 Å². The van der Waals surface area contributed by atoms with Gasteiger partial charge in [0.2, 0.25) is 5.91 Å². The van der Waals surface area contributed by atoms with Crippen molar-refractivity contribution in [1.29, 1.82) is 0 Å². The second kappa shape index (κ2) is 5.39. The number of carbonyl (C=O) groups excluding carboxylic acids is 1. The van der Waals surface area contributed by atoms with Crippen molar-refractivity contribution in [2.24, 2.45) is 5.41 Å². The van der Waals surface area contributed by atoms with Gasteiger partial charge in [0.25, 0.3) is 0 Å². The van der Waals surface area contributed by atoms with Gasteiger partial charge in [-0.2, -0.15) is 0 Å². The molecular weight excluding hydrogens is 264 g/mol. The predicted molar refractivity (Wildman–Crippen MR) is 76.4 cm³/mol. The van der Waals surface area contributed by atoms with E-state index in [0.29, 0.717) is 11.6 Å². The number of benzene rings is 1. The van der Waals surface area contributed by atoms with Crippen LogP contribution in [0, 0.1) is 5.41 Å². The Labute approximate surface area is 118 Å². The van der Waals surface area contributed by atoms with Crippen molar-refractivity contribution in [2.45, 2.75) is 20.0 Å². The summed E-state index contributed by atoms with van der Waals surface area (Å²) in [4.78, 5) is 14.0. The van der Waals surface area contributed by atoms with Crippen LogP contribution in [0.5, 0.6) is 0 Å². The lowest BCUT2D eigenvalue weighted by atomic mass is 9.89. The first-order valence-electron chi connectivity index (χ1n) is 6.37. The highest BCUT2D eigenvalue weighted by atomic mass is 35.5. The number of nitrogens with one attached hydrogen (secondary N) is 1. The molecule has 0 aromatic heterocycles. The van der Waals surface area contributed by atoms with Gasteiger partial charge in [-0.05, 0) is 25.5 Å². The third kappa shape index (κ3) is 2.55. The molecular formula is C14H19ClN2O2. The maximum Gasteiger partial charge on any atom is 0.227 e. The smallest absolute Gasteiger partial charge is 0.227 e. The van der Waals surface area contributed by atoms with Gasteiger partial charge in [-0.25, -0.2) is 0 Å². The van der Waals surface area contributed by atoms with Crippen molar-refractivity contribution < 1.29 is 9.90 Å². The number of rotatable bonds is 3. The summed E-state index contributed by atoms with van der Waals surface area (Å²) >= 11 is 6.10. The molecule has 19 heavy (non-hydrogen) atoms. The fraction of sp³-hybridized carbons (Fsp3) is 0.500. The van der Waals surface area contributed by atoms with Gasteiger partial charge in [0.05, 0.1) is 12.0 Å². The monoisotopic (exact) mass is 282 g/mol. The predicted octanol–water partition coefficient (Wildman–Crippen LogP) is 1.79. The first-order chi connectivity index (χ1) is 9.01. The Balaban J connectivity index is 2.27. The van der Waals surface area contributed by atoms with Crippen LogP contribution in [0.15, 0.2) is 18.2 Å². The summed E-state index contributed by atoms with van der Waals surface area (Å²) in [7, 11) is 1.66. The van der Waals surface area contributed by atoms with Crippen molar-refractivity contribution in [3.8, 4) is 0 Å². The van der Waals surface area contributed by atoms with Crippen molar-refractivity contribution in [3.05, 3.63) is 28.8 Å². The summed E-state index contributed by atoms with van der Waals surface area (Å²) in [5.74, 6) is 0.0579. The number of nitrogens with zero attached hydrogens (tertiary/aromatic N) is 1. The van der Waals surface area contributed by atoms with E-state index in [1.165, 1.54) is 0 Å². The topological polar surface area (TPSA) is 52.6 Å². The van der Waals surface area contributed by atoms with E-state index < -0.39 is 0 Å². The molecule has 1 aromatic rings. The summed E-state index contributed by atoms with van der Waals surface area (Å²) < 4.78 is 0. The maximum absolute atomic E-state index is 11.9. The Morgan fingerprint density at radius 2 is 2.32 bits per heavy atom. The Kier molecular flexibility index (Phi) is 4.02. The average molecular weight is 283 g/mol. The molecule has 0 bridgehead atoms. The molecule has 0 saturated carbocycles. The highest BCUT2D eigenvalue weighted by Crippen LogP contribution is 2.36. The number of aliphatic hydroxyl groups is 1. The second-order valence-electron chi connectivity index (χ2n) is 5.21. The molecule has 2 N–H and O–H groups in total. The molecule has 104 valence electrons. The number of aliphatic hydroxyl groups excluding tert-OH is 1. The lowest BCUT2D eigenvalue weighted by Gasteiger charge is -2.25. The van der Waals surface area contributed by atoms with Gasteiger partial charge in [0.1, 0.15) is 0 Å². The van der Waals surface area contributed by atoms with Gasteiger partial charge >= 0.3 is 0 Å². The third-order valence-electron chi connectivity index (χ3n) is 3.84. The van der Waals surface area contributed by atoms with Gasteiger partial charge in [0.15, 0.2) is 0 Å². The molecule has 5 heteroatoms. The minimum absolute atomic E-state index is 0.0579. The molecule has 4 nitrogen and oxygen atoms in total. The van der Waals surface area contributed by atoms with E-state index in [2.05, 4.69) is 10.2 Å². The van der Waals surface area contributed by atoms with Crippen molar-refractivity contribution in [1.82, 2.24) is 5.32 Å². The second-order valence-corrected chi connectivity index (χ2v) is 5.61. The van der Waals surface area contributed by atoms with Gasteiger partial charge < -0.3 is 15.3 Å². The van der Waals surface area contributed by atoms with Crippen LogP contribution in [0.1, 0.15) is 18.9 Å². The zero-order valence-electron chi connectivity index (χ0n) is 11.2. The maximum atomic E-state index is 11.9. The van der Waals surface area contributed by atoms with Crippen LogP contribution in [0.2, 0.25) is 5.02 Å². The average Bonchev–Trinajstić information content (AvgIpc) is 2.81. The summed E-state index contributed by atoms with van der Waals surface area (Å²) in [5.41, 5.74) is 1.26. The normalized spacial score (nSPS) is 22.6. The first-order valence-corrected chi connectivity index (χ1v) is 6.75. The molecule has 1 fully saturated rings. The number of hydrogen-bond donors (Lipinski definition) is 2. The van der Waals surface area contributed by atoms with E-state index in [1.807, 2.05) is 19.1 Å². The third-order valence-corrected chi connectivity index (χ3v) is 4.20. The van der Waals surface area contributed by atoms with Crippen LogP contribution < -0.4 is 10.2 Å². The minimum Gasteiger partial charge on any atom is -0.392 e. The molecule has 1 aliphatic rings. The Bertz CT molecular complexity index is 492. The molecule has 2 rings (SSSR count). The molecule has 1 unspecified atom stereocenters. The molecule has 0 spiro atoms. The lowest BCUT2D eigenvalue weighted by molar-refractivity contribution is -0.128. The highest BCUT2D eigenvalue weighted by Gasteiger charge is 2.40. The fourth-order valence-corrected chi connectivity index (χ4v) is 2.88. The lowest BCUT2D eigenvalue weighted by Crippen LogP contribution is -2.39. The minimum atomic E-state index is -0.385. The van der Waals surface area contributed by atoms with E-state index in [-0.39, 0.29) is 17.9 Å². The van der Waals surface area contributed by atoms with Crippen LogP contribution >= 0.6 is 11.6 Å². The molecule has 1 aliphatic heterocycles. The Hall–Kier alpha value is -1.26. The van der Waals surface area contributed by atoms with Crippen LogP contribution in [0.3, 0.4) is 0 Å². The van der Waals surface area contributed by atoms with Crippen molar-refractivity contribution >= 4 is 23.2 Å². The van der Waals surface area contributed by atoms with Gasteiger partial charge in [-0.15, -0.1) is 0 Å². The van der Waals surface area contributed by atoms with Gasteiger partial charge in [0, 0.05) is 36.4 Å². The zero-order valence-corrected chi connectivity index (χ0v) is 12.0. The number of amides is 1. The number of hydrogen-bond acceptors (Lipinski definition) is 3. The van der Waals surface area contributed by atoms with Gasteiger partial charge in [-0.3, -0.25) is 4.79 Å². The van der Waals surface area contributed by atoms with Crippen molar-refractivity contribution in [2.75, 3.05) is 25.0 Å². The molecule has 0 radical (unpaired) electrons. The van der Waals surface area contributed by atoms with Crippen molar-refractivity contribution in [3.63, 3.8) is 0 Å². The summed E-state index contributed by atoms with van der Waals surface area (Å²) in [6, 6.07) is 5.57. The van der Waals surface area contributed by atoms with Crippen LogP contribution in [-0.4, -0.2) is 31.2 Å². The molecule has 1 saturated heterocycles. The molecule has 0 aliphatic carbocycles. The van der Waals surface area contributed by atoms with Crippen LogP contribution in [-0.2, 0) is 11.4 Å². The van der Waals surface area contributed by atoms with E-state index in [1.54, 1.807) is 13.1 Å². The van der Waals surface area contributed by atoms with Gasteiger partial charge in [-0.1, -0.05) is 17.7 Å². The van der Waals surface area contributed by atoms with E-state index >= 15 is 0 Å². The number of anilines is 1. The fourth-order valence-electron chi connectivity index (χ4n) is 2.65. The Morgan fingerprint density at radius 1 is 1.58 bits per heavy atom. The first kappa shape index (κ1) is 14.2. The number of halogens is 1. The van der Waals surface area contributed by atoms with E-state index in [9.17, 15) is 9.90 Å². The molecule has 1 aromatic carbocycles. The zero-order chi connectivity index (χ0) is 14.0. The largest absolute Gasteiger partial charge is 0.392 e. The molecule has 1 atom stereocenters. The quantitative estimate of drug-likeness (QED) is 0.889. The van der Waals surface area contributed by atoms with E-state index in [0.717, 1.165) is 24.2 Å². The summed E-state index contributed by atoms with van der Waals surface area (Å²) in [6.45, 7) is 3.30. The molecule has 1 heterocycles. The molecule has 1 amide bonds. The van der Waals surface area contributed by atoms with E-state index in [4.69, 9.17) is 11.6 Å². The van der Waals surface area contributed by atoms with Crippen LogP contribution in [0.4, 0.5) is 5.69 Å². The SMILES string of the molecule is CNC(=O)C1(C)CCN(c2cccc(Cl)c2CO)C1. The number of carbonyl (C=O) groups is 1. The summed E-state index contributed by atoms with van der Waals surface area (Å²) in [6.07, 6.45) is 0.796.